The van der Waals surface area contributed by atoms with Crippen molar-refractivity contribution in [1.82, 2.24) is 9.88 Å². The van der Waals surface area contributed by atoms with Gasteiger partial charge in [-0.3, -0.25) is 9.80 Å². The summed E-state index contributed by atoms with van der Waals surface area (Å²) in [7, 11) is 0. The fraction of sp³-hybridized carbons (Fsp3) is 0.393. The first-order chi connectivity index (χ1) is 17.2. The molecule has 190 valence electrons. The monoisotopic (exact) mass is 491 g/mol. The van der Waals surface area contributed by atoms with E-state index in [1.54, 1.807) is 30.2 Å². The molecule has 2 aromatic heterocycles. The summed E-state index contributed by atoms with van der Waals surface area (Å²) in [6, 6.07) is 13.5. The fourth-order valence-electron chi connectivity index (χ4n) is 4.24. The fourth-order valence-corrected chi connectivity index (χ4v) is 4.24. The molecule has 8 nitrogen and oxygen atoms in total. The summed E-state index contributed by atoms with van der Waals surface area (Å²) in [6.07, 6.45) is 4.98. The molecule has 1 saturated heterocycles. The largest absolute Gasteiger partial charge is 0.463 e. The van der Waals surface area contributed by atoms with Crippen LogP contribution in [0.4, 0.5) is 10.6 Å². The van der Waals surface area contributed by atoms with Gasteiger partial charge in [0.2, 0.25) is 0 Å². The number of amides is 1. The van der Waals surface area contributed by atoms with Crippen molar-refractivity contribution in [2.75, 3.05) is 24.6 Å². The Labute approximate surface area is 211 Å². The molecule has 0 bridgehead atoms. The minimum absolute atomic E-state index is 0.0994. The van der Waals surface area contributed by atoms with Crippen molar-refractivity contribution in [2.24, 2.45) is 0 Å². The number of furan rings is 1. The lowest BCUT2D eigenvalue weighted by Crippen LogP contribution is -2.45. The maximum Gasteiger partial charge on any atom is 0.416 e. The lowest BCUT2D eigenvalue weighted by atomic mass is 10.2. The van der Waals surface area contributed by atoms with Gasteiger partial charge in [-0.05, 0) is 70.0 Å². The molecule has 0 N–H and O–H groups in total. The van der Waals surface area contributed by atoms with Crippen LogP contribution in [0.2, 0.25) is 0 Å². The molecule has 4 rings (SSSR count). The number of fused-ring (bicyclic) bond motifs is 1. The number of aromatic nitrogens is 1. The number of pyridine rings is 1. The number of nitrogens with zero attached hydrogens (tertiary/aromatic N) is 3. The Morgan fingerprint density at radius 2 is 2.03 bits per heavy atom. The summed E-state index contributed by atoms with van der Waals surface area (Å²) in [5.74, 6) is 0.997. The van der Waals surface area contributed by atoms with Crippen molar-refractivity contribution in [3.63, 3.8) is 0 Å². The molecule has 1 atom stereocenters. The van der Waals surface area contributed by atoms with E-state index in [2.05, 4.69) is 16.0 Å². The van der Waals surface area contributed by atoms with E-state index in [-0.39, 0.29) is 6.04 Å². The zero-order valence-corrected chi connectivity index (χ0v) is 21.3. The summed E-state index contributed by atoms with van der Waals surface area (Å²) in [5, 5.41) is 1.08. The van der Waals surface area contributed by atoms with Gasteiger partial charge in [-0.15, -0.1) is 0 Å². The number of likely N-dealkylation sites (tertiary alicyclic amines) is 1. The first kappa shape index (κ1) is 25.4. The molecule has 3 aromatic rings. The van der Waals surface area contributed by atoms with Gasteiger partial charge in [-0.1, -0.05) is 18.2 Å². The molecule has 36 heavy (non-hydrogen) atoms. The van der Waals surface area contributed by atoms with Gasteiger partial charge in [0.1, 0.15) is 22.8 Å². The van der Waals surface area contributed by atoms with Gasteiger partial charge >= 0.3 is 12.1 Å². The van der Waals surface area contributed by atoms with E-state index in [4.69, 9.17) is 13.9 Å². The molecule has 0 radical (unpaired) electrons. The van der Waals surface area contributed by atoms with Gasteiger partial charge in [0.05, 0.1) is 19.2 Å². The molecule has 0 aliphatic carbocycles. The number of hydrogen-bond donors (Lipinski definition) is 0. The van der Waals surface area contributed by atoms with Crippen molar-refractivity contribution in [2.45, 2.75) is 52.3 Å². The van der Waals surface area contributed by atoms with E-state index in [1.165, 1.54) is 6.08 Å². The zero-order valence-electron chi connectivity index (χ0n) is 21.3. The second-order valence-electron chi connectivity index (χ2n) is 9.81. The van der Waals surface area contributed by atoms with E-state index in [1.807, 2.05) is 51.1 Å². The third kappa shape index (κ3) is 6.51. The summed E-state index contributed by atoms with van der Waals surface area (Å²) < 4.78 is 16.6. The number of esters is 1. The number of carbonyl (C=O) groups excluding carboxylic acids is 2. The maximum absolute atomic E-state index is 13.3. The summed E-state index contributed by atoms with van der Waals surface area (Å²) >= 11 is 0. The molecule has 1 amide bonds. The Morgan fingerprint density at radius 1 is 1.22 bits per heavy atom. The van der Waals surface area contributed by atoms with Crippen LogP contribution < -0.4 is 4.90 Å². The molecular weight excluding hydrogens is 458 g/mol. The average Bonchev–Trinajstić information content (AvgIpc) is 3.44. The van der Waals surface area contributed by atoms with Crippen LogP contribution in [0.15, 0.2) is 59.2 Å². The van der Waals surface area contributed by atoms with Crippen molar-refractivity contribution >= 4 is 34.9 Å². The molecule has 1 aliphatic heterocycles. The third-order valence-corrected chi connectivity index (χ3v) is 5.77. The minimum atomic E-state index is -0.635. The highest BCUT2D eigenvalue weighted by molar-refractivity contribution is 5.88. The molecule has 0 spiro atoms. The predicted octanol–water partition coefficient (Wildman–Crippen LogP) is 5.42. The van der Waals surface area contributed by atoms with Gasteiger partial charge in [0.15, 0.2) is 0 Å². The number of anilines is 1. The van der Waals surface area contributed by atoms with Crippen molar-refractivity contribution < 1.29 is 23.5 Å². The summed E-state index contributed by atoms with van der Waals surface area (Å²) in [5.41, 5.74) is 0.971. The Kier molecular flexibility index (Phi) is 7.74. The van der Waals surface area contributed by atoms with E-state index in [9.17, 15) is 9.59 Å². The Bertz CT molecular complexity index is 1190. The van der Waals surface area contributed by atoms with E-state index >= 15 is 0 Å². The first-order valence-corrected chi connectivity index (χ1v) is 12.2. The highest BCUT2D eigenvalue weighted by Crippen LogP contribution is 2.27. The smallest absolute Gasteiger partial charge is 0.416 e. The number of benzene rings is 1. The minimum Gasteiger partial charge on any atom is -0.463 e. The van der Waals surface area contributed by atoms with Crippen LogP contribution in [-0.2, 0) is 20.8 Å². The van der Waals surface area contributed by atoms with Gasteiger partial charge < -0.3 is 13.9 Å². The number of para-hydroxylation sites is 1. The van der Waals surface area contributed by atoms with Crippen molar-refractivity contribution in [1.29, 1.82) is 0 Å². The highest BCUT2D eigenvalue weighted by atomic mass is 16.6. The molecule has 8 heteroatoms. The van der Waals surface area contributed by atoms with Gasteiger partial charge in [-0.2, -0.15) is 0 Å². The van der Waals surface area contributed by atoms with E-state index < -0.39 is 17.7 Å². The van der Waals surface area contributed by atoms with Crippen LogP contribution in [0, 0.1) is 0 Å². The average molecular weight is 492 g/mol. The molecule has 1 aromatic carbocycles. The highest BCUT2D eigenvalue weighted by Gasteiger charge is 2.35. The van der Waals surface area contributed by atoms with Crippen LogP contribution in [0.1, 0.15) is 45.4 Å². The molecule has 3 heterocycles. The Hall–Kier alpha value is -3.65. The number of carbonyl (C=O) groups is 2. The lowest BCUT2D eigenvalue weighted by Gasteiger charge is -2.31. The molecule has 0 unspecified atom stereocenters. The molecular formula is C28H33N3O5. The molecule has 1 fully saturated rings. The van der Waals surface area contributed by atoms with Crippen LogP contribution in [0.25, 0.3) is 17.0 Å². The van der Waals surface area contributed by atoms with Crippen molar-refractivity contribution in [3.05, 3.63) is 66.1 Å². The maximum atomic E-state index is 13.3. The number of hydrogen-bond acceptors (Lipinski definition) is 7. The van der Waals surface area contributed by atoms with E-state index in [0.717, 1.165) is 35.3 Å². The normalized spacial score (nSPS) is 16.5. The molecule has 1 aliphatic rings. The first-order valence-electron chi connectivity index (χ1n) is 12.2. The topological polar surface area (TPSA) is 85.1 Å². The third-order valence-electron chi connectivity index (χ3n) is 5.77. The second kappa shape index (κ2) is 11.0. The van der Waals surface area contributed by atoms with E-state index in [0.29, 0.717) is 25.5 Å². The van der Waals surface area contributed by atoms with Crippen LogP contribution in [-0.4, -0.2) is 53.3 Å². The summed E-state index contributed by atoms with van der Waals surface area (Å²) in [4.78, 5) is 33.3. The second-order valence-corrected chi connectivity index (χ2v) is 9.81. The summed E-state index contributed by atoms with van der Waals surface area (Å²) in [6.45, 7) is 9.78. The SMILES string of the molecule is CCOC(=O)/C=C/c1ccc(N(C(=O)OC(C)(C)C)[C@@H]2CCN(Cc3cc4ccccc4o3)C2)nc1. The standard InChI is InChI=1S/C28H33N3O5/c1-5-34-26(32)13-11-20-10-12-25(29-17-20)31(27(33)36-28(2,3)4)22-14-15-30(18-22)19-23-16-21-8-6-7-9-24(21)35-23/h6-13,16-17,22H,5,14-15,18-19H2,1-4H3/b13-11+/t22-/m1/s1. The predicted molar refractivity (Wildman–Crippen MR) is 139 cm³/mol. The Balaban J connectivity index is 1.49. The molecule has 0 saturated carbocycles. The Morgan fingerprint density at radius 3 is 2.72 bits per heavy atom. The van der Waals surface area contributed by atoms with Gasteiger partial charge in [0.25, 0.3) is 0 Å². The number of ether oxygens (including phenoxy) is 2. The van der Waals surface area contributed by atoms with Crippen LogP contribution >= 0.6 is 0 Å². The van der Waals surface area contributed by atoms with Gasteiger partial charge in [-0.25, -0.2) is 14.6 Å². The lowest BCUT2D eigenvalue weighted by molar-refractivity contribution is -0.137. The van der Waals surface area contributed by atoms with Gasteiger partial charge in [0, 0.05) is 30.7 Å². The zero-order chi connectivity index (χ0) is 25.7. The van der Waals surface area contributed by atoms with Crippen LogP contribution in [0.5, 0.6) is 0 Å². The van der Waals surface area contributed by atoms with Crippen molar-refractivity contribution in [3.8, 4) is 0 Å². The van der Waals surface area contributed by atoms with Crippen LogP contribution in [0.3, 0.4) is 0 Å². The quantitative estimate of drug-likeness (QED) is 0.322. The number of rotatable bonds is 7.